The molecule has 1 heterocycles. The molecule has 2 aromatic carbocycles. The Bertz CT molecular complexity index is 614. The van der Waals surface area contributed by atoms with Crippen molar-refractivity contribution >= 4 is 0 Å². The van der Waals surface area contributed by atoms with Gasteiger partial charge in [0.25, 0.3) is 0 Å². The first-order valence-corrected chi connectivity index (χ1v) is 9.85. The molecule has 1 aliphatic heterocycles. The molecule has 1 aliphatic rings. The summed E-state index contributed by atoms with van der Waals surface area (Å²) in [4.78, 5) is 2.26. The first-order chi connectivity index (χ1) is 13.1. The molecule has 0 saturated carbocycles. The third-order valence-corrected chi connectivity index (χ3v) is 4.96. The summed E-state index contributed by atoms with van der Waals surface area (Å²) in [5.41, 5.74) is 2.46. The standard InChI is InChI=1S/C23H31NO3/c1-18-13-24(14-19(2)27-18)15-22(25)16-26-17-23(20-9-5-3-6-10-20)21-11-7-4-8-12-21/h3-12,18-19,22-23,25H,13-17H2,1-2H3/t18-,19+,22-/m0/s1. The van der Waals surface area contributed by atoms with Gasteiger partial charge in [0.1, 0.15) is 0 Å². The van der Waals surface area contributed by atoms with Crippen LogP contribution in [0.1, 0.15) is 30.9 Å². The van der Waals surface area contributed by atoms with Crippen molar-refractivity contribution in [3.05, 3.63) is 71.8 Å². The predicted molar refractivity (Wildman–Crippen MR) is 108 cm³/mol. The Labute approximate surface area is 162 Å². The highest BCUT2D eigenvalue weighted by Crippen LogP contribution is 2.24. The molecule has 2 aromatic rings. The van der Waals surface area contributed by atoms with Crippen LogP contribution in [0.3, 0.4) is 0 Å². The number of aliphatic hydroxyl groups is 1. The van der Waals surface area contributed by atoms with Crippen LogP contribution in [0.25, 0.3) is 0 Å². The average Bonchev–Trinajstić information content (AvgIpc) is 2.66. The Morgan fingerprint density at radius 1 is 0.926 bits per heavy atom. The van der Waals surface area contributed by atoms with Crippen LogP contribution in [0.2, 0.25) is 0 Å². The van der Waals surface area contributed by atoms with Crippen LogP contribution < -0.4 is 0 Å². The first-order valence-electron chi connectivity index (χ1n) is 9.85. The minimum Gasteiger partial charge on any atom is -0.389 e. The lowest BCUT2D eigenvalue weighted by molar-refractivity contribution is -0.0821. The van der Waals surface area contributed by atoms with Crippen LogP contribution in [-0.4, -0.2) is 61.2 Å². The summed E-state index contributed by atoms with van der Waals surface area (Å²) in [6.07, 6.45) is -0.0699. The van der Waals surface area contributed by atoms with E-state index >= 15 is 0 Å². The molecule has 3 atom stereocenters. The van der Waals surface area contributed by atoms with E-state index in [1.807, 2.05) is 12.1 Å². The lowest BCUT2D eigenvalue weighted by atomic mass is 9.92. The molecular weight excluding hydrogens is 338 g/mol. The van der Waals surface area contributed by atoms with Crippen LogP contribution in [0, 0.1) is 0 Å². The Balaban J connectivity index is 1.53. The van der Waals surface area contributed by atoms with E-state index in [1.165, 1.54) is 11.1 Å². The van der Waals surface area contributed by atoms with Gasteiger partial charge in [-0.3, -0.25) is 4.90 Å². The van der Waals surface area contributed by atoms with Crippen molar-refractivity contribution in [1.29, 1.82) is 0 Å². The monoisotopic (exact) mass is 369 g/mol. The van der Waals surface area contributed by atoms with Gasteiger partial charge < -0.3 is 14.6 Å². The van der Waals surface area contributed by atoms with Gasteiger partial charge in [-0.1, -0.05) is 60.7 Å². The highest BCUT2D eigenvalue weighted by Gasteiger charge is 2.24. The third-order valence-electron chi connectivity index (χ3n) is 4.96. The number of rotatable bonds is 8. The lowest BCUT2D eigenvalue weighted by Gasteiger charge is -2.36. The Kier molecular flexibility index (Phi) is 7.41. The number of hydrogen-bond donors (Lipinski definition) is 1. The van der Waals surface area contributed by atoms with Crippen LogP contribution >= 0.6 is 0 Å². The molecule has 0 radical (unpaired) electrons. The maximum Gasteiger partial charge on any atom is 0.0900 e. The van der Waals surface area contributed by atoms with E-state index in [2.05, 4.69) is 67.3 Å². The molecule has 27 heavy (non-hydrogen) atoms. The molecule has 1 saturated heterocycles. The fourth-order valence-corrected chi connectivity index (χ4v) is 3.86. The van der Waals surface area contributed by atoms with Crippen LogP contribution in [0.15, 0.2) is 60.7 Å². The normalized spacial score (nSPS) is 22.1. The number of nitrogens with zero attached hydrogens (tertiary/aromatic N) is 1. The fourth-order valence-electron chi connectivity index (χ4n) is 3.86. The minimum atomic E-state index is -0.491. The molecule has 4 nitrogen and oxygen atoms in total. The minimum absolute atomic E-state index is 0.169. The van der Waals surface area contributed by atoms with E-state index in [0.29, 0.717) is 19.8 Å². The van der Waals surface area contributed by atoms with Gasteiger partial charge in [-0.25, -0.2) is 0 Å². The van der Waals surface area contributed by atoms with Gasteiger partial charge in [-0.2, -0.15) is 0 Å². The van der Waals surface area contributed by atoms with Crippen molar-refractivity contribution in [3.8, 4) is 0 Å². The summed E-state index contributed by atoms with van der Waals surface area (Å²) in [7, 11) is 0. The Hall–Kier alpha value is -1.72. The largest absolute Gasteiger partial charge is 0.389 e. The smallest absolute Gasteiger partial charge is 0.0900 e. The summed E-state index contributed by atoms with van der Waals surface area (Å²) in [6, 6.07) is 20.8. The molecule has 0 spiro atoms. The van der Waals surface area contributed by atoms with Gasteiger partial charge in [0.2, 0.25) is 0 Å². The zero-order valence-corrected chi connectivity index (χ0v) is 16.3. The second kappa shape index (κ2) is 10.00. The maximum absolute atomic E-state index is 10.4. The second-order valence-corrected chi connectivity index (χ2v) is 7.54. The Morgan fingerprint density at radius 3 is 1.96 bits per heavy atom. The van der Waals surface area contributed by atoms with E-state index in [9.17, 15) is 5.11 Å². The summed E-state index contributed by atoms with van der Waals surface area (Å²) in [5, 5.41) is 10.4. The van der Waals surface area contributed by atoms with E-state index in [1.54, 1.807) is 0 Å². The van der Waals surface area contributed by atoms with Crippen molar-refractivity contribution in [2.45, 2.75) is 38.1 Å². The molecule has 3 rings (SSSR count). The quantitative estimate of drug-likeness (QED) is 0.775. The number of aliphatic hydroxyl groups excluding tert-OH is 1. The highest BCUT2D eigenvalue weighted by molar-refractivity contribution is 5.32. The van der Waals surface area contributed by atoms with Crippen LogP contribution in [0.4, 0.5) is 0 Å². The maximum atomic E-state index is 10.4. The lowest BCUT2D eigenvalue weighted by Crippen LogP contribution is -2.48. The highest BCUT2D eigenvalue weighted by atomic mass is 16.5. The van der Waals surface area contributed by atoms with E-state index < -0.39 is 6.10 Å². The van der Waals surface area contributed by atoms with Crippen LogP contribution in [-0.2, 0) is 9.47 Å². The molecular formula is C23H31NO3. The van der Waals surface area contributed by atoms with Crippen molar-refractivity contribution in [3.63, 3.8) is 0 Å². The van der Waals surface area contributed by atoms with E-state index in [-0.39, 0.29) is 18.1 Å². The molecule has 4 heteroatoms. The zero-order valence-electron chi connectivity index (χ0n) is 16.3. The molecule has 1 N–H and O–H groups in total. The number of morpholine rings is 1. The molecule has 0 aliphatic carbocycles. The molecule has 1 fully saturated rings. The molecule has 146 valence electrons. The summed E-state index contributed by atoms with van der Waals surface area (Å²) in [6.45, 7) is 7.40. The van der Waals surface area contributed by atoms with E-state index in [0.717, 1.165) is 13.1 Å². The van der Waals surface area contributed by atoms with Crippen molar-refractivity contribution < 1.29 is 14.6 Å². The van der Waals surface area contributed by atoms with Gasteiger partial charge in [0, 0.05) is 25.6 Å². The van der Waals surface area contributed by atoms with Gasteiger partial charge in [-0.05, 0) is 25.0 Å². The molecule has 0 aromatic heterocycles. The van der Waals surface area contributed by atoms with Gasteiger partial charge in [0.15, 0.2) is 0 Å². The number of ether oxygens (including phenoxy) is 2. The molecule has 0 amide bonds. The summed E-state index contributed by atoms with van der Waals surface area (Å²) >= 11 is 0. The third kappa shape index (κ3) is 6.15. The first kappa shape index (κ1) is 20.0. The fraction of sp³-hybridized carbons (Fsp3) is 0.478. The molecule has 0 bridgehead atoms. The predicted octanol–water partition coefficient (Wildman–Crippen LogP) is 3.31. The summed E-state index contributed by atoms with van der Waals surface area (Å²) in [5.74, 6) is 0.169. The van der Waals surface area contributed by atoms with Crippen molar-refractivity contribution in [2.24, 2.45) is 0 Å². The van der Waals surface area contributed by atoms with Gasteiger partial charge in [0.05, 0.1) is 31.5 Å². The van der Waals surface area contributed by atoms with Gasteiger partial charge in [-0.15, -0.1) is 0 Å². The van der Waals surface area contributed by atoms with Gasteiger partial charge >= 0.3 is 0 Å². The average molecular weight is 370 g/mol. The topological polar surface area (TPSA) is 41.9 Å². The Morgan fingerprint density at radius 2 is 1.44 bits per heavy atom. The van der Waals surface area contributed by atoms with Crippen LogP contribution in [0.5, 0.6) is 0 Å². The molecule has 0 unspecified atom stereocenters. The number of benzene rings is 2. The van der Waals surface area contributed by atoms with E-state index in [4.69, 9.17) is 9.47 Å². The van der Waals surface area contributed by atoms with Crippen molar-refractivity contribution in [1.82, 2.24) is 4.90 Å². The number of hydrogen-bond acceptors (Lipinski definition) is 4. The zero-order chi connectivity index (χ0) is 19.1. The SMILES string of the molecule is C[C@@H]1CN(C[C@H](O)COCC(c2ccccc2)c2ccccc2)C[C@H](C)O1. The van der Waals surface area contributed by atoms with Crippen molar-refractivity contribution in [2.75, 3.05) is 32.8 Å². The second-order valence-electron chi connectivity index (χ2n) is 7.54. The number of β-amino-alcohol motifs (C(OH)–C–C–N with tert-alkyl or cyclic N) is 1. The summed E-state index contributed by atoms with van der Waals surface area (Å²) < 4.78 is 11.7.